The van der Waals surface area contributed by atoms with Crippen LogP contribution in [0.15, 0.2) is 46.2 Å². The number of hydrogen-bond acceptors (Lipinski definition) is 2. The van der Waals surface area contributed by atoms with Crippen LogP contribution in [-0.2, 0) is 19.4 Å². The van der Waals surface area contributed by atoms with Gasteiger partial charge in [0, 0.05) is 16.3 Å². The highest BCUT2D eigenvalue weighted by Crippen LogP contribution is 2.32. The van der Waals surface area contributed by atoms with Crippen molar-refractivity contribution in [2.45, 2.75) is 35.6 Å². The lowest BCUT2D eigenvalue weighted by molar-refractivity contribution is 0.621. The molecule has 98 valence electrons. The van der Waals surface area contributed by atoms with Crippen molar-refractivity contribution < 1.29 is 4.39 Å². The van der Waals surface area contributed by atoms with E-state index in [1.807, 2.05) is 6.07 Å². The van der Waals surface area contributed by atoms with Crippen molar-refractivity contribution in [1.82, 2.24) is 0 Å². The third-order valence-corrected chi connectivity index (χ3v) is 4.43. The van der Waals surface area contributed by atoms with E-state index in [4.69, 9.17) is 5.73 Å². The Balaban J connectivity index is 1.86. The van der Waals surface area contributed by atoms with Crippen LogP contribution in [-0.4, -0.2) is 0 Å². The van der Waals surface area contributed by atoms with Crippen molar-refractivity contribution in [3.05, 3.63) is 58.9 Å². The van der Waals surface area contributed by atoms with Crippen molar-refractivity contribution in [2.75, 3.05) is 0 Å². The van der Waals surface area contributed by atoms with Crippen molar-refractivity contribution in [3.63, 3.8) is 0 Å². The molecule has 3 rings (SSSR count). The Morgan fingerprint density at radius 1 is 1.00 bits per heavy atom. The number of nitrogens with two attached hydrogens (primary N) is 1. The zero-order valence-electron chi connectivity index (χ0n) is 10.7. The minimum atomic E-state index is -0.216. The number of hydrogen-bond donors (Lipinski definition) is 1. The molecular weight excluding hydrogens is 257 g/mol. The van der Waals surface area contributed by atoms with E-state index in [-0.39, 0.29) is 5.82 Å². The summed E-state index contributed by atoms with van der Waals surface area (Å²) in [4.78, 5) is 2.09. The second-order valence-corrected chi connectivity index (χ2v) is 6.03. The molecule has 19 heavy (non-hydrogen) atoms. The molecule has 0 fully saturated rings. The first kappa shape index (κ1) is 12.7. The first-order valence-electron chi connectivity index (χ1n) is 6.54. The molecule has 0 saturated carbocycles. The van der Waals surface area contributed by atoms with Gasteiger partial charge in [-0.2, -0.15) is 0 Å². The van der Waals surface area contributed by atoms with Crippen molar-refractivity contribution in [3.8, 4) is 0 Å². The summed E-state index contributed by atoms with van der Waals surface area (Å²) in [6.07, 6.45) is 3.61. The summed E-state index contributed by atoms with van der Waals surface area (Å²) in [5, 5.41) is 0. The Hall–Kier alpha value is -1.32. The molecule has 2 aromatic carbocycles. The third-order valence-electron chi connectivity index (χ3n) is 3.47. The van der Waals surface area contributed by atoms with E-state index >= 15 is 0 Å². The van der Waals surface area contributed by atoms with E-state index in [9.17, 15) is 4.39 Å². The second-order valence-electron chi connectivity index (χ2n) is 4.89. The summed E-state index contributed by atoms with van der Waals surface area (Å²) in [6.45, 7) is 0.371. The van der Waals surface area contributed by atoms with Crippen LogP contribution in [0.25, 0.3) is 0 Å². The standard InChI is InChI=1S/C16H16FNS/c17-14-6-11(10-18)7-16(9-14)19-15-5-4-12-2-1-3-13(12)8-15/h4-9H,1-3,10,18H2. The monoisotopic (exact) mass is 273 g/mol. The Bertz CT molecular complexity index is 610. The van der Waals surface area contributed by atoms with Gasteiger partial charge in [-0.3, -0.25) is 0 Å². The number of rotatable bonds is 3. The molecule has 1 aliphatic carbocycles. The molecule has 2 N–H and O–H groups in total. The van der Waals surface area contributed by atoms with Gasteiger partial charge in [0.2, 0.25) is 0 Å². The minimum Gasteiger partial charge on any atom is -0.326 e. The van der Waals surface area contributed by atoms with E-state index in [1.54, 1.807) is 17.8 Å². The van der Waals surface area contributed by atoms with Gasteiger partial charge in [0.05, 0.1) is 0 Å². The van der Waals surface area contributed by atoms with Crippen molar-refractivity contribution in [2.24, 2.45) is 5.73 Å². The van der Waals surface area contributed by atoms with Gasteiger partial charge < -0.3 is 5.73 Å². The summed E-state index contributed by atoms with van der Waals surface area (Å²) in [6, 6.07) is 11.6. The zero-order valence-corrected chi connectivity index (χ0v) is 11.5. The van der Waals surface area contributed by atoms with E-state index < -0.39 is 0 Å². The predicted molar refractivity (Wildman–Crippen MR) is 76.9 cm³/mol. The average molecular weight is 273 g/mol. The number of aryl methyl sites for hydroxylation is 2. The highest BCUT2D eigenvalue weighted by atomic mass is 32.2. The molecule has 1 nitrogen and oxygen atoms in total. The van der Waals surface area contributed by atoms with Crippen LogP contribution in [0.5, 0.6) is 0 Å². The fourth-order valence-corrected chi connectivity index (χ4v) is 3.54. The molecule has 0 aliphatic heterocycles. The molecule has 3 heteroatoms. The lowest BCUT2D eigenvalue weighted by Gasteiger charge is -2.07. The molecule has 0 heterocycles. The van der Waals surface area contributed by atoms with E-state index in [0.717, 1.165) is 10.5 Å². The largest absolute Gasteiger partial charge is 0.326 e. The molecule has 0 unspecified atom stereocenters. The summed E-state index contributed by atoms with van der Waals surface area (Å²) in [5.41, 5.74) is 9.32. The number of benzene rings is 2. The molecule has 0 radical (unpaired) electrons. The van der Waals surface area contributed by atoms with Crippen LogP contribution in [0.2, 0.25) is 0 Å². The number of fused-ring (bicyclic) bond motifs is 1. The van der Waals surface area contributed by atoms with E-state index in [0.29, 0.717) is 6.54 Å². The molecule has 0 atom stereocenters. The fraction of sp³-hybridized carbons (Fsp3) is 0.250. The molecule has 0 amide bonds. The maximum absolute atomic E-state index is 13.5. The number of halogens is 1. The zero-order chi connectivity index (χ0) is 13.2. The SMILES string of the molecule is NCc1cc(F)cc(Sc2ccc3c(c2)CCC3)c1. The van der Waals surface area contributed by atoms with Crippen LogP contribution in [0.1, 0.15) is 23.1 Å². The quantitative estimate of drug-likeness (QED) is 0.917. The van der Waals surface area contributed by atoms with Gasteiger partial charge in [0.15, 0.2) is 0 Å². The van der Waals surface area contributed by atoms with Crippen LogP contribution < -0.4 is 5.73 Å². The molecular formula is C16H16FNS. The van der Waals surface area contributed by atoms with Crippen LogP contribution in [0.3, 0.4) is 0 Å². The maximum atomic E-state index is 13.5. The summed E-state index contributed by atoms with van der Waals surface area (Å²) in [5.74, 6) is -0.216. The third kappa shape index (κ3) is 2.82. The van der Waals surface area contributed by atoms with Crippen LogP contribution in [0.4, 0.5) is 4.39 Å². The average Bonchev–Trinajstić information content (AvgIpc) is 2.85. The molecule has 0 saturated heterocycles. The second kappa shape index (κ2) is 5.35. The molecule has 0 spiro atoms. The van der Waals surface area contributed by atoms with Gasteiger partial charge in [-0.1, -0.05) is 17.8 Å². The molecule has 0 aromatic heterocycles. The van der Waals surface area contributed by atoms with Crippen LogP contribution in [0, 0.1) is 5.82 Å². The first-order chi connectivity index (χ1) is 9.24. The van der Waals surface area contributed by atoms with Gasteiger partial charge >= 0.3 is 0 Å². The van der Waals surface area contributed by atoms with Gasteiger partial charge in [0.25, 0.3) is 0 Å². The summed E-state index contributed by atoms with van der Waals surface area (Å²) in [7, 11) is 0. The lowest BCUT2D eigenvalue weighted by atomic mass is 10.1. The van der Waals surface area contributed by atoms with E-state index in [1.165, 1.54) is 41.4 Å². The van der Waals surface area contributed by atoms with Gasteiger partial charge in [-0.05, 0) is 66.3 Å². The van der Waals surface area contributed by atoms with Crippen molar-refractivity contribution >= 4 is 11.8 Å². The molecule has 2 aromatic rings. The minimum absolute atomic E-state index is 0.216. The molecule has 1 aliphatic rings. The summed E-state index contributed by atoms with van der Waals surface area (Å²) < 4.78 is 13.5. The Morgan fingerprint density at radius 3 is 2.68 bits per heavy atom. The van der Waals surface area contributed by atoms with Gasteiger partial charge in [0.1, 0.15) is 5.82 Å². The predicted octanol–water partition coefficient (Wildman–Crippen LogP) is 3.92. The maximum Gasteiger partial charge on any atom is 0.124 e. The highest BCUT2D eigenvalue weighted by Gasteiger charge is 2.11. The normalized spacial score (nSPS) is 13.6. The molecule has 0 bridgehead atoms. The Kier molecular flexibility index (Phi) is 3.58. The Labute approximate surface area is 117 Å². The smallest absolute Gasteiger partial charge is 0.124 e. The Morgan fingerprint density at radius 2 is 1.84 bits per heavy atom. The summed E-state index contributed by atoms with van der Waals surface area (Å²) >= 11 is 1.60. The lowest BCUT2D eigenvalue weighted by Crippen LogP contribution is -1.97. The topological polar surface area (TPSA) is 26.0 Å². The highest BCUT2D eigenvalue weighted by molar-refractivity contribution is 7.99. The van der Waals surface area contributed by atoms with Gasteiger partial charge in [-0.15, -0.1) is 0 Å². The van der Waals surface area contributed by atoms with Gasteiger partial charge in [-0.25, -0.2) is 4.39 Å². The first-order valence-corrected chi connectivity index (χ1v) is 7.35. The van der Waals surface area contributed by atoms with Crippen LogP contribution >= 0.6 is 11.8 Å². The fourth-order valence-electron chi connectivity index (χ4n) is 2.55. The van der Waals surface area contributed by atoms with E-state index in [2.05, 4.69) is 18.2 Å². The van der Waals surface area contributed by atoms with Crippen molar-refractivity contribution in [1.29, 1.82) is 0 Å².